The van der Waals surface area contributed by atoms with Gasteiger partial charge in [0.05, 0.1) is 26.0 Å². The number of morpholine rings is 1. The van der Waals surface area contributed by atoms with Crippen LogP contribution in [0, 0.1) is 0 Å². The van der Waals surface area contributed by atoms with Crippen molar-refractivity contribution in [3.63, 3.8) is 0 Å². The monoisotopic (exact) mass is 449 g/mol. The van der Waals surface area contributed by atoms with Crippen LogP contribution in [-0.4, -0.2) is 60.5 Å². The van der Waals surface area contributed by atoms with Gasteiger partial charge in [0.2, 0.25) is 5.91 Å². The van der Waals surface area contributed by atoms with Crippen LogP contribution in [0.25, 0.3) is 10.9 Å². The summed E-state index contributed by atoms with van der Waals surface area (Å²) in [5, 5.41) is 7.75. The van der Waals surface area contributed by atoms with E-state index in [1.807, 2.05) is 46.9 Å². The van der Waals surface area contributed by atoms with Crippen LogP contribution in [0.3, 0.4) is 0 Å². The summed E-state index contributed by atoms with van der Waals surface area (Å²) in [6.07, 6.45) is 3.45. The van der Waals surface area contributed by atoms with E-state index in [-0.39, 0.29) is 12.5 Å². The predicted molar refractivity (Wildman–Crippen MR) is 127 cm³/mol. The number of para-hydroxylation sites is 1. The number of ether oxygens (including phenoxy) is 2. The molecule has 0 bridgehead atoms. The van der Waals surface area contributed by atoms with Crippen molar-refractivity contribution in [1.29, 1.82) is 0 Å². The van der Waals surface area contributed by atoms with E-state index in [0.717, 1.165) is 22.2 Å². The quantitative estimate of drug-likeness (QED) is 0.428. The van der Waals surface area contributed by atoms with Crippen LogP contribution in [0.2, 0.25) is 0 Å². The fourth-order valence-electron chi connectivity index (χ4n) is 3.69. The van der Waals surface area contributed by atoms with Gasteiger partial charge in [-0.2, -0.15) is 5.10 Å². The van der Waals surface area contributed by atoms with Gasteiger partial charge in [0, 0.05) is 41.4 Å². The van der Waals surface area contributed by atoms with Gasteiger partial charge in [-0.25, -0.2) is 10.2 Å². The van der Waals surface area contributed by atoms with E-state index in [1.54, 1.807) is 30.5 Å². The molecule has 3 amide bonds. The minimum atomic E-state index is -0.457. The Morgan fingerprint density at radius 1 is 1.12 bits per heavy atom. The number of hydrogen-bond acceptors (Lipinski definition) is 5. The molecule has 1 aliphatic rings. The molecule has 1 aromatic heterocycles. The fourth-order valence-corrected chi connectivity index (χ4v) is 3.69. The van der Waals surface area contributed by atoms with Gasteiger partial charge in [0.15, 0.2) is 0 Å². The van der Waals surface area contributed by atoms with Gasteiger partial charge in [0.1, 0.15) is 12.3 Å². The minimum Gasteiger partial charge on any atom is -0.494 e. The Hall–Kier alpha value is -3.85. The van der Waals surface area contributed by atoms with Gasteiger partial charge in [0.25, 0.3) is 0 Å². The SMILES string of the molecule is CCOc1ccc(NC(=O)N/N=C\c2cn(CC(=O)N3CCOCC3)c3ccccc23)cc1. The average molecular weight is 450 g/mol. The van der Waals surface area contributed by atoms with Crippen LogP contribution in [0.15, 0.2) is 59.8 Å². The molecule has 1 saturated heterocycles. The lowest BCUT2D eigenvalue weighted by atomic mass is 10.2. The Balaban J connectivity index is 1.40. The smallest absolute Gasteiger partial charge is 0.339 e. The summed E-state index contributed by atoms with van der Waals surface area (Å²) in [4.78, 5) is 26.7. The molecule has 1 fully saturated rings. The standard InChI is InChI=1S/C24H27N5O4/c1-2-33-20-9-7-19(8-10-20)26-24(31)27-25-15-18-16-29(22-6-4-3-5-21(18)22)17-23(30)28-11-13-32-14-12-28/h3-10,15-16H,2,11-14,17H2,1H3,(H2,26,27,31)/b25-15-. The maximum absolute atomic E-state index is 12.7. The Morgan fingerprint density at radius 3 is 2.64 bits per heavy atom. The van der Waals surface area contributed by atoms with Crippen molar-refractivity contribution in [3.05, 3.63) is 60.3 Å². The van der Waals surface area contributed by atoms with E-state index < -0.39 is 6.03 Å². The first-order valence-electron chi connectivity index (χ1n) is 10.9. The zero-order valence-electron chi connectivity index (χ0n) is 18.5. The van der Waals surface area contributed by atoms with Gasteiger partial charge in [-0.15, -0.1) is 0 Å². The molecule has 0 spiro atoms. The van der Waals surface area contributed by atoms with E-state index in [9.17, 15) is 9.59 Å². The molecule has 0 unspecified atom stereocenters. The Labute approximate surface area is 192 Å². The molecular weight excluding hydrogens is 422 g/mol. The zero-order valence-corrected chi connectivity index (χ0v) is 18.5. The number of aromatic nitrogens is 1. The molecule has 4 rings (SSSR count). The van der Waals surface area contributed by atoms with Crippen molar-refractivity contribution in [3.8, 4) is 5.75 Å². The maximum Gasteiger partial charge on any atom is 0.339 e. The molecule has 33 heavy (non-hydrogen) atoms. The van der Waals surface area contributed by atoms with E-state index in [4.69, 9.17) is 9.47 Å². The molecule has 0 radical (unpaired) electrons. The summed E-state index contributed by atoms with van der Waals surface area (Å²) in [6, 6.07) is 14.4. The number of rotatable bonds is 7. The van der Waals surface area contributed by atoms with Gasteiger partial charge in [-0.05, 0) is 37.3 Å². The number of nitrogens with one attached hydrogen (secondary N) is 2. The van der Waals surface area contributed by atoms with E-state index in [1.165, 1.54) is 0 Å². The second kappa shape index (κ2) is 10.6. The number of fused-ring (bicyclic) bond motifs is 1. The van der Waals surface area contributed by atoms with Crippen molar-refractivity contribution < 1.29 is 19.1 Å². The number of hydrazone groups is 1. The number of urea groups is 1. The molecule has 3 aromatic rings. The van der Waals surface area contributed by atoms with Crippen molar-refractivity contribution in [2.45, 2.75) is 13.5 Å². The van der Waals surface area contributed by atoms with Crippen LogP contribution in [0.5, 0.6) is 5.75 Å². The number of nitrogens with zero attached hydrogens (tertiary/aromatic N) is 3. The topological polar surface area (TPSA) is 97.2 Å². The Morgan fingerprint density at radius 2 is 1.88 bits per heavy atom. The van der Waals surface area contributed by atoms with Crippen LogP contribution < -0.4 is 15.5 Å². The average Bonchev–Trinajstić information content (AvgIpc) is 3.18. The second-order valence-electron chi connectivity index (χ2n) is 7.50. The third kappa shape index (κ3) is 5.69. The molecule has 0 saturated carbocycles. The molecular formula is C24H27N5O4. The molecule has 2 N–H and O–H groups in total. The summed E-state index contributed by atoms with van der Waals surface area (Å²) >= 11 is 0. The first kappa shape index (κ1) is 22.3. The first-order chi connectivity index (χ1) is 16.1. The Bertz CT molecular complexity index is 1130. The van der Waals surface area contributed by atoms with E-state index in [2.05, 4.69) is 15.8 Å². The lowest BCUT2D eigenvalue weighted by Crippen LogP contribution is -2.42. The molecule has 0 aliphatic carbocycles. The largest absolute Gasteiger partial charge is 0.494 e. The summed E-state index contributed by atoms with van der Waals surface area (Å²) in [7, 11) is 0. The van der Waals surface area contributed by atoms with Gasteiger partial charge >= 0.3 is 6.03 Å². The molecule has 1 aliphatic heterocycles. The summed E-state index contributed by atoms with van der Waals surface area (Å²) in [6.45, 7) is 5.09. The van der Waals surface area contributed by atoms with Crippen molar-refractivity contribution >= 4 is 34.7 Å². The van der Waals surface area contributed by atoms with Crippen LogP contribution in [0.4, 0.5) is 10.5 Å². The van der Waals surface area contributed by atoms with Crippen LogP contribution in [0.1, 0.15) is 12.5 Å². The number of carbonyl (C=O) groups excluding carboxylic acids is 2. The molecule has 2 heterocycles. The van der Waals surface area contributed by atoms with Crippen molar-refractivity contribution in [2.75, 3.05) is 38.2 Å². The number of hydrogen-bond donors (Lipinski definition) is 2. The highest BCUT2D eigenvalue weighted by Gasteiger charge is 2.18. The maximum atomic E-state index is 12.7. The van der Waals surface area contributed by atoms with Gasteiger partial charge in [-0.3, -0.25) is 4.79 Å². The van der Waals surface area contributed by atoms with Crippen molar-refractivity contribution in [2.24, 2.45) is 5.10 Å². The molecule has 2 aromatic carbocycles. The van der Waals surface area contributed by atoms with Gasteiger partial charge in [-0.1, -0.05) is 18.2 Å². The predicted octanol–water partition coefficient (Wildman–Crippen LogP) is 3.05. The minimum absolute atomic E-state index is 0.0513. The molecule has 172 valence electrons. The number of carbonyl (C=O) groups is 2. The summed E-state index contributed by atoms with van der Waals surface area (Å²) in [5.74, 6) is 0.792. The fraction of sp³-hybridized carbons (Fsp3) is 0.292. The van der Waals surface area contributed by atoms with E-state index in [0.29, 0.717) is 38.6 Å². The Kier molecular flexibility index (Phi) is 7.21. The van der Waals surface area contributed by atoms with Crippen LogP contribution in [-0.2, 0) is 16.1 Å². The normalized spacial score (nSPS) is 13.9. The number of amides is 3. The molecule has 9 heteroatoms. The summed E-state index contributed by atoms with van der Waals surface area (Å²) in [5.41, 5.74) is 4.84. The second-order valence-corrected chi connectivity index (χ2v) is 7.50. The highest BCUT2D eigenvalue weighted by molar-refractivity contribution is 6.00. The van der Waals surface area contributed by atoms with Crippen LogP contribution >= 0.6 is 0 Å². The third-order valence-electron chi connectivity index (χ3n) is 5.28. The summed E-state index contributed by atoms with van der Waals surface area (Å²) < 4.78 is 12.6. The highest BCUT2D eigenvalue weighted by Crippen LogP contribution is 2.20. The first-order valence-corrected chi connectivity index (χ1v) is 10.9. The van der Waals surface area contributed by atoms with Gasteiger partial charge < -0.3 is 24.3 Å². The van der Waals surface area contributed by atoms with Crippen molar-refractivity contribution in [1.82, 2.24) is 14.9 Å². The zero-order chi connectivity index (χ0) is 23.0. The highest BCUT2D eigenvalue weighted by atomic mass is 16.5. The third-order valence-corrected chi connectivity index (χ3v) is 5.28. The lowest BCUT2D eigenvalue weighted by Gasteiger charge is -2.27. The molecule has 0 atom stereocenters. The number of anilines is 1. The lowest BCUT2D eigenvalue weighted by molar-refractivity contribution is -0.135. The molecule has 9 nitrogen and oxygen atoms in total. The van der Waals surface area contributed by atoms with E-state index >= 15 is 0 Å². The number of benzene rings is 2.